The van der Waals surface area contributed by atoms with Gasteiger partial charge < -0.3 is 70.3 Å². The van der Waals surface area contributed by atoms with Crippen LogP contribution in [0.4, 0.5) is 0 Å². The van der Waals surface area contributed by atoms with Gasteiger partial charge in [0, 0.05) is 69.4 Å². The number of hydrogen-bond acceptors (Lipinski definition) is 14. The van der Waals surface area contributed by atoms with Crippen LogP contribution in [0.15, 0.2) is 12.2 Å². The van der Waals surface area contributed by atoms with E-state index in [4.69, 9.17) is 4.74 Å². The van der Waals surface area contributed by atoms with Crippen LogP contribution >= 0.6 is 0 Å². The molecule has 1 heterocycles. The Labute approximate surface area is 564 Å². The minimum atomic E-state index is -1.65. The molecule has 0 radical (unpaired) electrons. The van der Waals surface area contributed by atoms with E-state index in [-0.39, 0.29) is 56.3 Å². The maximum atomic E-state index is 15.5. The Morgan fingerprint density at radius 1 is 0.500 bits per heavy atom. The third-order valence-electron chi connectivity index (χ3n) is 18.5. The standard InChI is InChI=1S/C69H126N12O13/c1-28-32-33-45(15)57(82)56-61(86)72-48(29-2)63(88)74(20)49(34-35-81(30-3)31-4)64(89)78(24)53(39-69(18,19)94-27)60(85)73-54(43(11)12)67(92)75(21)50(36-40(5)6)59(84)70-46(16)58(83)71-47(17)62(87)76(22)51(37-41(7)8)65(90)77(23)52(38-42(9)10)66(91)79(25)55(44(13)14)68(93)80(56)26/h28,32,40-57,82H,29-31,33-39H2,1-27H3,(H,70,84)(H,71,83)(H,72,86)(H,73,85)/b32-28+/t45-,46+,47-,48+,49-,50+,51+,52+,53+,54+,55+,56+,57-/m1/s1. The number of hydrogen-bond donors (Lipinski definition) is 5. The van der Waals surface area contributed by atoms with Gasteiger partial charge in [-0.05, 0) is 122 Å². The predicted molar refractivity (Wildman–Crippen MR) is 366 cm³/mol. The number of carbonyl (C=O) groups is 11. The quantitative estimate of drug-likeness (QED) is 0.101. The van der Waals surface area contributed by atoms with Crippen molar-refractivity contribution in [2.24, 2.45) is 35.5 Å². The van der Waals surface area contributed by atoms with Crippen molar-refractivity contribution in [3.8, 4) is 0 Å². The summed E-state index contributed by atoms with van der Waals surface area (Å²) in [7, 11) is 11.5. The van der Waals surface area contributed by atoms with Crippen molar-refractivity contribution >= 4 is 65.0 Å². The second kappa shape index (κ2) is 39.1. The first-order valence-electron chi connectivity index (χ1n) is 34.1. The van der Waals surface area contributed by atoms with Gasteiger partial charge in [0.15, 0.2) is 0 Å². The van der Waals surface area contributed by atoms with Crippen molar-refractivity contribution in [2.75, 3.05) is 76.1 Å². The van der Waals surface area contributed by atoms with E-state index < -0.39 is 161 Å². The second-order valence-corrected chi connectivity index (χ2v) is 28.7. The van der Waals surface area contributed by atoms with Gasteiger partial charge in [-0.2, -0.15) is 0 Å². The Hall–Kier alpha value is -6.21. The molecule has 5 N–H and O–H groups in total. The summed E-state index contributed by atoms with van der Waals surface area (Å²) in [6.07, 6.45) is 2.77. The number of rotatable bonds is 21. The van der Waals surface area contributed by atoms with Gasteiger partial charge in [-0.1, -0.05) is 109 Å². The topological polar surface area (TPSA) is 291 Å². The Morgan fingerprint density at radius 3 is 1.38 bits per heavy atom. The lowest BCUT2D eigenvalue weighted by Gasteiger charge is -2.42. The molecule has 0 bridgehead atoms. The molecule has 0 aromatic rings. The zero-order valence-electron chi connectivity index (χ0n) is 62.5. The van der Waals surface area contributed by atoms with Gasteiger partial charge >= 0.3 is 0 Å². The summed E-state index contributed by atoms with van der Waals surface area (Å²) < 4.78 is 5.84. The summed E-state index contributed by atoms with van der Waals surface area (Å²) in [5.74, 6) is -9.89. The van der Waals surface area contributed by atoms with Gasteiger partial charge in [-0.15, -0.1) is 0 Å². The highest BCUT2D eigenvalue weighted by Crippen LogP contribution is 2.27. The summed E-state index contributed by atoms with van der Waals surface area (Å²) in [6.45, 7) is 35.2. The van der Waals surface area contributed by atoms with Gasteiger partial charge in [0.25, 0.3) is 0 Å². The van der Waals surface area contributed by atoms with Crippen LogP contribution in [0.3, 0.4) is 0 Å². The Balaban J connectivity index is 4.62. The van der Waals surface area contributed by atoms with Gasteiger partial charge in [0.05, 0.1) is 11.7 Å². The molecular formula is C69H126N12O13. The molecule has 0 aromatic carbocycles. The fourth-order valence-corrected chi connectivity index (χ4v) is 12.0. The van der Waals surface area contributed by atoms with Crippen LogP contribution in [0.2, 0.25) is 0 Å². The molecular weight excluding hydrogens is 1200 g/mol. The maximum absolute atomic E-state index is 15.5. The Bertz CT molecular complexity index is 2560. The highest BCUT2D eigenvalue weighted by Gasteiger charge is 2.47. The molecule has 1 saturated heterocycles. The Kier molecular flexibility index (Phi) is 35.7. The van der Waals surface area contributed by atoms with Crippen molar-refractivity contribution in [2.45, 2.75) is 255 Å². The van der Waals surface area contributed by atoms with Crippen LogP contribution in [-0.4, -0.2) is 264 Å². The molecule has 1 aliphatic rings. The molecule has 0 aliphatic carbocycles. The fraction of sp³-hybridized carbons (Fsp3) is 0.812. The van der Waals surface area contributed by atoms with E-state index in [1.165, 1.54) is 99.7 Å². The highest BCUT2D eigenvalue weighted by atomic mass is 16.5. The Morgan fingerprint density at radius 2 is 0.926 bits per heavy atom. The maximum Gasteiger partial charge on any atom is 0.246 e. The number of amides is 11. The number of nitrogens with one attached hydrogen (secondary N) is 4. The molecule has 0 spiro atoms. The first kappa shape index (κ1) is 85.8. The van der Waals surface area contributed by atoms with E-state index in [9.17, 15) is 24.3 Å². The van der Waals surface area contributed by atoms with Crippen LogP contribution in [0, 0.1) is 35.5 Å². The van der Waals surface area contributed by atoms with Crippen LogP contribution in [0.1, 0.15) is 176 Å². The van der Waals surface area contributed by atoms with E-state index in [0.29, 0.717) is 26.1 Å². The minimum absolute atomic E-state index is 0.00744. The fourth-order valence-electron chi connectivity index (χ4n) is 12.0. The van der Waals surface area contributed by atoms with E-state index in [1.807, 2.05) is 61.5 Å². The summed E-state index contributed by atoms with van der Waals surface area (Å²) in [4.78, 5) is 175. The van der Waals surface area contributed by atoms with Crippen molar-refractivity contribution in [3.63, 3.8) is 0 Å². The predicted octanol–water partition coefficient (Wildman–Crippen LogP) is 4.14. The van der Waals surface area contributed by atoms with Gasteiger partial charge in [0.2, 0.25) is 65.0 Å². The van der Waals surface area contributed by atoms with Crippen LogP contribution in [0.25, 0.3) is 0 Å². The van der Waals surface area contributed by atoms with Crippen molar-refractivity contribution < 1.29 is 62.6 Å². The number of methoxy groups -OCH3 is 1. The van der Waals surface area contributed by atoms with Crippen LogP contribution in [-0.2, 0) is 57.5 Å². The normalized spacial score (nSPS) is 26.5. The number of allylic oxidation sites excluding steroid dienone is 2. The first-order valence-corrected chi connectivity index (χ1v) is 34.1. The number of aliphatic hydroxyl groups excluding tert-OH is 1. The summed E-state index contributed by atoms with van der Waals surface area (Å²) in [5, 5.41) is 23.5. The molecule has 11 amide bonds. The zero-order valence-corrected chi connectivity index (χ0v) is 62.5. The molecule has 1 rings (SSSR count). The number of ether oxygens (including phenoxy) is 1. The molecule has 0 saturated carbocycles. The smallest absolute Gasteiger partial charge is 0.246 e. The SMILES string of the molecule is C/C=C/C[C@@H](C)[C@@H](O)[C@H]1C(=O)N[C@@H](CC)C(=O)N(C)[C@H](CCN(CC)CC)C(=O)N(C)[C@@H](CC(C)(C)OC)C(=O)N[C@@H](C(C)C)C(=O)N(C)[C@@H](CC(C)C)C(=O)N[C@@H](C)C(=O)N[C@H](C)C(=O)N(C)[C@@H](CC(C)C)C(=O)N(C)[C@@H](CC(C)C)C(=O)N(C)[C@@H](C(C)C)C(=O)N1C. The van der Waals surface area contributed by atoms with Gasteiger partial charge in [-0.25, -0.2) is 0 Å². The molecule has 1 aliphatic heterocycles. The first-order chi connectivity index (χ1) is 43.5. The van der Waals surface area contributed by atoms with Crippen LogP contribution in [0.5, 0.6) is 0 Å². The molecule has 25 heteroatoms. The van der Waals surface area contributed by atoms with E-state index in [0.717, 1.165) is 4.90 Å². The third kappa shape index (κ3) is 23.9. The van der Waals surface area contributed by atoms with E-state index in [1.54, 1.807) is 68.4 Å². The number of nitrogens with zero attached hydrogens (tertiary/aromatic N) is 8. The average Bonchev–Trinajstić information content (AvgIpc) is 0.813. The number of carbonyl (C=O) groups excluding carboxylic acids is 11. The molecule has 25 nitrogen and oxygen atoms in total. The molecule has 0 aromatic heterocycles. The summed E-state index contributed by atoms with van der Waals surface area (Å²) in [6, 6.07) is -14.1. The average molecular weight is 1330 g/mol. The van der Waals surface area contributed by atoms with E-state index in [2.05, 4.69) is 26.2 Å². The van der Waals surface area contributed by atoms with Gasteiger partial charge in [-0.3, -0.25) is 52.7 Å². The number of likely N-dealkylation sites (N-methyl/N-ethyl adjacent to an activating group) is 7. The zero-order chi connectivity index (χ0) is 72.9. The third-order valence-corrected chi connectivity index (χ3v) is 18.5. The minimum Gasteiger partial charge on any atom is -0.390 e. The largest absolute Gasteiger partial charge is 0.390 e. The van der Waals surface area contributed by atoms with Crippen LogP contribution < -0.4 is 21.3 Å². The van der Waals surface area contributed by atoms with Gasteiger partial charge in [0.1, 0.15) is 66.5 Å². The van der Waals surface area contributed by atoms with E-state index >= 15 is 33.6 Å². The summed E-state index contributed by atoms with van der Waals surface area (Å²) >= 11 is 0. The van der Waals surface area contributed by atoms with Crippen molar-refractivity contribution in [1.82, 2.24) is 60.5 Å². The monoisotopic (exact) mass is 1330 g/mol. The van der Waals surface area contributed by atoms with Crippen molar-refractivity contribution in [1.29, 1.82) is 0 Å². The summed E-state index contributed by atoms with van der Waals surface area (Å²) in [5.41, 5.74) is -1.04. The lowest BCUT2D eigenvalue weighted by molar-refractivity contribution is -0.157. The molecule has 13 atom stereocenters. The lowest BCUT2D eigenvalue weighted by atomic mass is 9.91. The van der Waals surface area contributed by atoms with Crippen molar-refractivity contribution in [3.05, 3.63) is 12.2 Å². The molecule has 0 unspecified atom stereocenters. The molecule has 1 fully saturated rings. The molecule has 94 heavy (non-hydrogen) atoms. The second-order valence-electron chi connectivity index (χ2n) is 28.7. The number of aliphatic hydroxyl groups is 1. The lowest BCUT2D eigenvalue weighted by Crippen LogP contribution is -2.64. The molecule has 540 valence electrons. The highest BCUT2D eigenvalue weighted by molar-refractivity contribution is 6.00.